The van der Waals surface area contributed by atoms with Crippen LogP contribution in [0.4, 0.5) is 13.6 Å². The molecule has 0 bridgehead atoms. The summed E-state index contributed by atoms with van der Waals surface area (Å²) in [5.41, 5.74) is 10.5. The highest BCUT2D eigenvalue weighted by molar-refractivity contribution is 8.00. The fourth-order valence-corrected chi connectivity index (χ4v) is 8.12. The van der Waals surface area contributed by atoms with E-state index in [1.165, 1.54) is 23.9 Å². The lowest BCUT2D eigenvalue weighted by atomic mass is 9.99. The largest absolute Gasteiger partial charge is 0.447 e. The van der Waals surface area contributed by atoms with Gasteiger partial charge in [0.25, 0.3) is 5.91 Å². The molecule has 15 heteroatoms. The number of ether oxygens (including phenoxy) is 1. The SMILES string of the molecule is CC(C)(C)C.CNC/C(=C\NC(F)F)c1ccc([C@H]2N=C(N)N([C@H](COC(=O)NC3CC3)c3ccc(Cl)c(C4SC(C5CC5)N(C)N4C)c3)C2=O)cc1. The van der Waals surface area contributed by atoms with Gasteiger partial charge in [0, 0.05) is 37.9 Å². The van der Waals surface area contributed by atoms with Gasteiger partial charge < -0.3 is 26.4 Å². The minimum Gasteiger partial charge on any atom is -0.447 e. The number of guanidine groups is 1. The van der Waals surface area contributed by atoms with Crippen molar-refractivity contribution in [2.45, 2.75) is 88.8 Å². The molecule has 2 aliphatic carbocycles. The molecule has 3 fully saturated rings. The van der Waals surface area contributed by atoms with Crippen LogP contribution in [0.2, 0.25) is 5.02 Å². The van der Waals surface area contributed by atoms with Crippen LogP contribution in [0.25, 0.3) is 5.57 Å². The summed E-state index contributed by atoms with van der Waals surface area (Å²) in [6.45, 7) is 6.26. The molecule has 2 amide bonds. The number of carbonyl (C=O) groups excluding carboxylic acids is 2. The van der Waals surface area contributed by atoms with Gasteiger partial charge in [0.15, 0.2) is 12.0 Å². The summed E-state index contributed by atoms with van der Waals surface area (Å²) in [6, 6.07) is 11.0. The molecule has 11 nitrogen and oxygen atoms in total. The molecular weight excluding hydrogens is 722 g/mol. The fraction of sp³-hybridized carbons (Fsp3) is 0.553. The Balaban J connectivity index is 0.00000101. The molecule has 2 aromatic rings. The van der Waals surface area contributed by atoms with Gasteiger partial charge in [-0.05, 0) is 84.0 Å². The molecule has 0 spiro atoms. The third-order valence-corrected chi connectivity index (χ3v) is 11.2. The zero-order chi connectivity index (χ0) is 38.6. The van der Waals surface area contributed by atoms with Gasteiger partial charge in [0.1, 0.15) is 6.61 Å². The molecule has 5 N–H and O–H groups in total. The van der Waals surface area contributed by atoms with Crippen LogP contribution in [0.5, 0.6) is 0 Å². The van der Waals surface area contributed by atoms with Crippen LogP contribution in [0.3, 0.4) is 0 Å². The number of hydrogen-bond acceptors (Lipinski definition) is 10. The molecule has 1 saturated heterocycles. The fourth-order valence-electron chi connectivity index (χ4n) is 6.09. The second kappa shape index (κ2) is 17.4. The first-order valence-electron chi connectivity index (χ1n) is 18.0. The van der Waals surface area contributed by atoms with Crippen molar-refractivity contribution in [1.82, 2.24) is 30.9 Å². The molecule has 290 valence electrons. The number of rotatable bonds is 13. The second-order valence-corrected chi connectivity index (χ2v) is 17.2. The van der Waals surface area contributed by atoms with Crippen LogP contribution in [0.15, 0.2) is 53.7 Å². The molecule has 0 radical (unpaired) electrons. The van der Waals surface area contributed by atoms with Crippen molar-refractivity contribution >= 4 is 46.9 Å². The molecule has 4 atom stereocenters. The van der Waals surface area contributed by atoms with Gasteiger partial charge in [-0.1, -0.05) is 69.6 Å². The van der Waals surface area contributed by atoms with E-state index in [-0.39, 0.29) is 29.9 Å². The number of thioether (sulfide) groups is 1. The predicted octanol–water partition coefficient (Wildman–Crippen LogP) is 6.85. The first-order valence-corrected chi connectivity index (χ1v) is 19.4. The Morgan fingerprint density at radius 3 is 2.34 bits per heavy atom. The predicted molar refractivity (Wildman–Crippen MR) is 208 cm³/mol. The Bertz CT molecular complexity index is 1660. The molecule has 2 saturated carbocycles. The quantitative estimate of drug-likeness (QED) is 0.162. The lowest BCUT2D eigenvalue weighted by Crippen LogP contribution is -2.43. The van der Waals surface area contributed by atoms with E-state index in [9.17, 15) is 18.4 Å². The van der Waals surface area contributed by atoms with Crippen LogP contribution in [0, 0.1) is 11.3 Å². The van der Waals surface area contributed by atoms with E-state index in [4.69, 9.17) is 22.1 Å². The van der Waals surface area contributed by atoms with E-state index in [1.807, 2.05) is 42.3 Å². The number of aliphatic imine (C=N–C) groups is 1. The summed E-state index contributed by atoms with van der Waals surface area (Å²) in [7, 11) is 5.86. The first kappa shape index (κ1) is 40.7. The standard InChI is InChI=1S/C33H41ClF2N8O3S.C5H12/c1-38-15-22(16-39-31(35)36)18-4-6-19(7-5-18)27-28(45)44(32(37)41-27)26(17-47-33(46)40-23-11-12-23)21-10-13-25(34)24(14-21)30-43(3)42(2)29(48-30)20-8-9-20;1-5(2,3)4/h4-7,10,13-14,16,20,23,26-27,29-31,38-39H,8-9,11-12,15,17H2,1-3H3,(H2,37,41)(H,40,46);1-4H3/b22-16+;/t26-,27-,29?,30?;/m1./s1. The van der Waals surface area contributed by atoms with Crippen molar-refractivity contribution in [1.29, 1.82) is 0 Å². The zero-order valence-corrected chi connectivity index (χ0v) is 33.1. The third-order valence-electron chi connectivity index (χ3n) is 9.08. The van der Waals surface area contributed by atoms with Crippen LogP contribution in [-0.2, 0) is 9.53 Å². The number of nitrogens with two attached hydrogens (primary N) is 1. The second-order valence-electron chi connectivity index (χ2n) is 15.6. The Hall–Kier alpha value is -3.43. The van der Waals surface area contributed by atoms with E-state index in [0.717, 1.165) is 18.4 Å². The topological polar surface area (TPSA) is 128 Å². The van der Waals surface area contributed by atoms with Crippen LogP contribution < -0.4 is 21.7 Å². The van der Waals surface area contributed by atoms with Gasteiger partial charge in [-0.2, -0.15) is 8.78 Å². The van der Waals surface area contributed by atoms with Gasteiger partial charge in [0.05, 0.1) is 16.8 Å². The number of halogens is 3. The van der Waals surface area contributed by atoms with Gasteiger partial charge in [0.2, 0.25) is 0 Å². The molecule has 0 aromatic heterocycles. The van der Waals surface area contributed by atoms with Crippen molar-refractivity contribution < 1.29 is 23.1 Å². The number of carbonyl (C=O) groups is 2. The monoisotopic (exact) mass is 774 g/mol. The highest BCUT2D eigenvalue weighted by atomic mass is 35.5. The Kier molecular flexibility index (Phi) is 13.3. The van der Waals surface area contributed by atoms with Crippen LogP contribution >= 0.6 is 23.4 Å². The first-order chi connectivity index (χ1) is 25.0. The van der Waals surface area contributed by atoms with Crippen molar-refractivity contribution in [2.24, 2.45) is 22.1 Å². The number of hydrazine groups is 1. The molecule has 2 aliphatic heterocycles. The molecule has 2 heterocycles. The van der Waals surface area contributed by atoms with Crippen LogP contribution in [0.1, 0.15) is 93.1 Å². The third kappa shape index (κ3) is 10.8. The van der Waals surface area contributed by atoms with E-state index in [0.29, 0.717) is 50.5 Å². The normalized spacial score (nSPS) is 23.1. The van der Waals surface area contributed by atoms with Crippen molar-refractivity contribution in [3.05, 3.63) is 75.9 Å². The maximum atomic E-state index is 14.1. The summed E-state index contributed by atoms with van der Waals surface area (Å²) >= 11 is 8.66. The summed E-state index contributed by atoms with van der Waals surface area (Å²) in [5, 5.41) is 13.2. The number of alkyl halides is 2. The molecule has 2 aromatic carbocycles. The smallest absolute Gasteiger partial charge is 0.407 e. The van der Waals surface area contributed by atoms with Crippen molar-refractivity contribution in [2.75, 3.05) is 34.3 Å². The number of nitrogens with one attached hydrogen (secondary N) is 3. The number of amides is 2. The summed E-state index contributed by atoms with van der Waals surface area (Å²) in [4.78, 5) is 32.7. The molecule has 2 unspecified atom stereocenters. The van der Waals surface area contributed by atoms with Crippen LogP contribution in [-0.4, -0.2) is 85.1 Å². The maximum absolute atomic E-state index is 14.1. The number of benzene rings is 2. The van der Waals surface area contributed by atoms with Gasteiger partial charge in [-0.25, -0.2) is 19.8 Å². The lowest BCUT2D eigenvalue weighted by Gasteiger charge is -2.30. The lowest BCUT2D eigenvalue weighted by molar-refractivity contribution is -0.129. The Morgan fingerprint density at radius 2 is 1.75 bits per heavy atom. The highest BCUT2D eigenvalue weighted by Gasteiger charge is 2.46. The summed E-state index contributed by atoms with van der Waals surface area (Å²) in [6.07, 6.45) is 4.94. The molecule has 4 aliphatic rings. The van der Waals surface area contributed by atoms with Gasteiger partial charge >= 0.3 is 12.6 Å². The van der Waals surface area contributed by atoms with E-state index < -0.39 is 24.7 Å². The Morgan fingerprint density at radius 1 is 1.09 bits per heavy atom. The molecule has 53 heavy (non-hydrogen) atoms. The van der Waals surface area contributed by atoms with E-state index >= 15 is 0 Å². The van der Waals surface area contributed by atoms with E-state index in [1.54, 1.807) is 31.3 Å². The number of likely N-dealkylation sites (N-methyl/N-ethyl adjacent to an activating group) is 1. The maximum Gasteiger partial charge on any atom is 0.407 e. The minimum absolute atomic E-state index is 0.000399. The van der Waals surface area contributed by atoms with E-state index in [2.05, 4.69) is 60.4 Å². The summed E-state index contributed by atoms with van der Waals surface area (Å²) in [5.74, 6) is 0.267. The number of alkyl carbamates (subject to hydrolysis) is 1. The minimum atomic E-state index is -2.69. The molecule has 6 rings (SSSR count). The van der Waals surface area contributed by atoms with Crippen molar-refractivity contribution in [3.8, 4) is 0 Å². The van der Waals surface area contributed by atoms with Crippen molar-refractivity contribution in [3.63, 3.8) is 0 Å². The zero-order valence-electron chi connectivity index (χ0n) is 31.5. The van der Waals surface area contributed by atoms with Gasteiger partial charge in [-0.3, -0.25) is 9.69 Å². The summed E-state index contributed by atoms with van der Waals surface area (Å²) < 4.78 is 31.3. The average molecular weight is 775 g/mol. The highest BCUT2D eigenvalue weighted by Crippen LogP contribution is 2.53. The molecular formula is C38H53ClF2N8O3S. The number of nitrogens with zero attached hydrogens (tertiary/aromatic N) is 4. The Labute approximate surface area is 321 Å². The van der Waals surface area contributed by atoms with Gasteiger partial charge in [-0.15, -0.1) is 11.8 Å². The average Bonchev–Trinajstić information content (AvgIpc) is 4.03. The number of hydrogen-bond donors (Lipinski definition) is 4.